The van der Waals surface area contributed by atoms with Gasteiger partial charge in [0.05, 0.1) is 18.8 Å². The Morgan fingerprint density at radius 2 is 2.32 bits per heavy atom. The summed E-state index contributed by atoms with van der Waals surface area (Å²) in [5.74, 6) is 2.24. The molecule has 2 aromatic heterocycles. The van der Waals surface area contributed by atoms with E-state index in [1.165, 1.54) is 0 Å². The Morgan fingerprint density at radius 3 is 3.00 bits per heavy atom. The monoisotopic (exact) mass is 301 g/mol. The largest absolute Gasteiger partial charge is 0.381 e. The van der Waals surface area contributed by atoms with Crippen LogP contribution in [-0.4, -0.2) is 46.1 Å². The maximum atomic E-state index is 5.49. The van der Waals surface area contributed by atoms with Crippen molar-refractivity contribution in [2.24, 2.45) is 0 Å². The lowest BCUT2D eigenvalue weighted by Gasteiger charge is -2.23. The third-order valence-corrected chi connectivity index (χ3v) is 4.06. The van der Waals surface area contributed by atoms with Gasteiger partial charge in [0.25, 0.3) is 0 Å². The van der Waals surface area contributed by atoms with Gasteiger partial charge < -0.3 is 9.64 Å². The van der Waals surface area contributed by atoms with Gasteiger partial charge in [0.1, 0.15) is 11.6 Å². The zero-order chi connectivity index (χ0) is 15.4. The molecule has 3 rings (SSSR count). The van der Waals surface area contributed by atoms with Gasteiger partial charge in [0, 0.05) is 44.1 Å². The van der Waals surface area contributed by atoms with E-state index < -0.39 is 0 Å². The quantitative estimate of drug-likeness (QED) is 0.817. The van der Waals surface area contributed by atoms with Gasteiger partial charge in [0.15, 0.2) is 0 Å². The third kappa shape index (κ3) is 3.44. The van der Waals surface area contributed by atoms with Crippen LogP contribution in [-0.2, 0) is 11.3 Å². The number of ether oxygens (including phenoxy) is 1. The van der Waals surface area contributed by atoms with E-state index in [1.54, 1.807) is 0 Å². The lowest BCUT2D eigenvalue weighted by Crippen LogP contribution is -2.28. The summed E-state index contributed by atoms with van der Waals surface area (Å²) in [7, 11) is 0. The fourth-order valence-corrected chi connectivity index (χ4v) is 2.80. The number of aryl methyl sites for hydroxylation is 1. The molecule has 0 radical (unpaired) electrons. The molecule has 0 unspecified atom stereocenters. The molecular weight excluding hydrogens is 278 g/mol. The number of aromatic nitrogens is 4. The van der Waals surface area contributed by atoms with Crippen LogP contribution in [0.15, 0.2) is 24.5 Å². The average Bonchev–Trinajstić information content (AvgIpc) is 3.21. The van der Waals surface area contributed by atoms with Crippen molar-refractivity contribution >= 4 is 5.82 Å². The molecule has 1 aliphatic rings. The van der Waals surface area contributed by atoms with Crippen molar-refractivity contribution in [1.29, 1.82) is 0 Å². The number of anilines is 1. The summed E-state index contributed by atoms with van der Waals surface area (Å²) in [6, 6.07) is 4.07. The Balaban J connectivity index is 1.75. The van der Waals surface area contributed by atoms with Crippen molar-refractivity contribution in [3.63, 3.8) is 0 Å². The number of hydrogen-bond donors (Lipinski definition) is 0. The van der Waals surface area contributed by atoms with E-state index in [-0.39, 0.29) is 0 Å². The molecule has 0 saturated carbocycles. The molecular formula is C16H23N5O. The van der Waals surface area contributed by atoms with Crippen LogP contribution in [0.2, 0.25) is 0 Å². The second kappa shape index (κ2) is 6.87. The fraction of sp³-hybridized carbons (Fsp3) is 0.562. The first-order valence-corrected chi connectivity index (χ1v) is 7.92. The highest BCUT2D eigenvalue weighted by atomic mass is 16.5. The summed E-state index contributed by atoms with van der Waals surface area (Å²) in [4.78, 5) is 11.5. The molecule has 22 heavy (non-hydrogen) atoms. The molecule has 6 heteroatoms. The minimum atomic E-state index is 0.408. The summed E-state index contributed by atoms with van der Waals surface area (Å²) < 4.78 is 7.44. The summed E-state index contributed by atoms with van der Waals surface area (Å²) in [5.41, 5.74) is 1.11. The highest BCUT2D eigenvalue weighted by Gasteiger charge is 2.21. The molecule has 0 N–H and O–H groups in total. The van der Waals surface area contributed by atoms with Gasteiger partial charge in [-0.1, -0.05) is 0 Å². The molecule has 6 nitrogen and oxygen atoms in total. The molecule has 0 spiro atoms. The van der Waals surface area contributed by atoms with Crippen LogP contribution in [0, 0.1) is 6.92 Å². The zero-order valence-corrected chi connectivity index (χ0v) is 13.3. The molecule has 0 aromatic carbocycles. The normalized spacial score (nSPS) is 17.8. The fourth-order valence-electron chi connectivity index (χ4n) is 2.80. The standard InChI is InChI=1S/C16H23N5O/c1-3-20(8-9-21-7-4-6-17-21)16-11-15(18-13(2)19-16)14-5-10-22-12-14/h4,6-7,11,14H,3,5,8-10,12H2,1-2H3/t14-/m1/s1. The minimum Gasteiger partial charge on any atom is -0.381 e. The van der Waals surface area contributed by atoms with Gasteiger partial charge in [-0.05, 0) is 26.3 Å². The van der Waals surface area contributed by atoms with E-state index in [1.807, 2.05) is 30.1 Å². The molecule has 0 aliphatic carbocycles. The van der Waals surface area contributed by atoms with Gasteiger partial charge in [0.2, 0.25) is 0 Å². The Bertz CT molecular complexity index is 593. The second-order valence-electron chi connectivity index (χ2n) is 5.61. The molecule has 118 valence electrons. The van der Waals surface area contributed by atoms with Crippen LogP contribution in [0.3, 0.4) is 0 Å². The molecule has 1 saturated heterocycles. The van der Waals surface area contributed by atoms with Crippen LogP contribution in [0.1, 0.15) is 30.8 Å². The SMILES string of the molecule is CCN(CCn1cccn1)c1cc([C@@H]2CCOC2)nc(C)n1. The summed E-state index contributed by atoms with van der Waals surface area (Å²) >= 11 is 0. The first-order valence-electron chi connectivity index (χ1n) is 7.92. The van der Waals surface area contributed by atoms with Crippen LogP contribution in [0.25, 0.3) is 0 Å². The van der Waals surface area contributed by atoms with Gasteiger partial charge in [-0.15, -0.1) is 0 Å². The van der Waals surface area contributed by atoms with E-state index in [0.717, 1.165) is 56.6 Å². The minimum absolute atomic E-state index is 0.408. The van der Waals surface area contributed by atoms with Crippen molar-refractivity contribution in [1.82, 2.24) is 19.7 Å². The Kier molecular flexibility index (Phi) is 4.68. The van der Waals surface area contributed by atoms with Crippen molar-refractivity contribution < 1.29 is 4.74 Å². The first kappa shape index (κ1) is 15.0. The molecule has 1 fully saturated rings. The summed E-state index contributed by atoms with van der Waals surface area (Å²) in [5, 5.41) is 4.26. The molecule has 3 heterocycles. The van der Waals surface area contributed by atoms with Crippen LogP contribution < -0.4 is 4.90 Å². The van der Waals surface area contributed by atoms with Crippen molar-refractivity contribution in [2.75, 3.05) is 31.2 Å². The predicted molar refractivity (Wildman–Crippen MR) is 85.1 cm³/mol. The second-order valence-corrected chi connectivity index (χ2v) is 5.61. The van der Waals surface area contributed by atoms with Gasteiger partial charge in [-0.25, -0.2) is 9.97 Å². The predicted octanol–water partition coefficient (Wildman–Crippen LogP) is 2.01. The molecule has 1 aliphatic heterocycles. The van der Waals surface area contributed by atoms with Gasteiger partial charge in [-0.2, -0.15) is 5.10 Å². The van der Waals surface area contributed by atoms with Crippen molar-refractivity contribution in [2.45, 2.75) is 32.7 Å². The van der Waals surface area contributed by atoms with E-state index in [2.05, 4.69) is 33.0 Å². The lowest BCUT2D eigenvalue weighted by atomic mass is 10.0. The number of rotatable bonds is 6. The maximum absolute atomic E-state index is 5.49. The van der Waals surface area contributed by atoms with Gasteiger partial charge in [-0.3, -0.25) is 4.68 Å². The zero-order valence-electron chi connectivity index (χ0n) is 13.3. The number of likely N-dealkylation sites (N-methyl/N-ethyl adjacent to an activating group) is 1. The first-order chi connectivity index (χ1) is 10.8. The molecule has 0 bridgehead atoms. The molecule has 1 atom stereocenters. The van der Waals surface area contributed by atoms with Crippen LogP contribution in [0.5, 0.6) is 0 Å². The van der Waals surface area contributed by atoms with Crippen LogP contribution in [0.4, 0.5) is 5.82 Å². The lowest BCUT2D eigenvalue weighted by molar-refractivity contribution is 0.193. The smallest absolute Gasteiger partial charge is 0.132 e. The molecule has 2 aromatic rings. The Hall–Kier alpha value is -1.95. The highest BCUT2D eigenvalue weighted by Crippen LogP contribution is 2.26. The van der Waals surface area contributed by atoms with Crippen molar-refractivity contribution in [3.05, 3.63) is 36.0 Å². The average molecular weight is 301 g/mol. The van der Waals surface area contributed by atoms with E-state index in [4.69, 9.17) is 4.74 Å². The Labute approximate surface area is 131 Å². The van der Waals surface area contributed by atoms with E-state index >= 15 is 0 Å². The topological polar surface area (TPSA) is 56.1 Å². The van der Waals surface area contributed by atoms with Crippen molar-refractivity contribution in [3.8, 4) is 0 Å². The Morgan fingerprint density at radius 1 is 1.41 bits per heavy atom. The number of hydrogen-bond acceptors (Lipinski definition) is 5. The molecule has 0 amide bonds. The maximum Gasteiger partial charge on any atom is 0.132 e. The van der Waals surface area contributed by atoms with Crippen LogP contribution >= 0.6 is 0 Å². The van der Waals surface area contributed by atoms with E-state index in [9.17, 15) is 0 Å². The van der Waals surface area contributed by atoms with Gasteiger partial charge >= 0.3 is 0 Å². The van der Waals surface area contributed by atoms with E-state index in [0.29, 0.717) is 5.92 Å². The third-order valence-electron chi connectivity index (χ3n) is 4.06. The summed E-state index contributed by atoms with van der Waals surface area (Å²) in [6.45, 7) is 8.37. The summed E-state index contributed by atoms with van der Waals surface area (Å²) in [6.07, 6.45) is 4.85. The highest BCUT2D eigenvalue weighted by molar-refractivity contribution is 5.40. The number of nitrogens with zero attached hydrogens (tertiary/aromatic N) is 5.